The molecule has 3 aromatic rings. The highest BCUT2D eigenvalue weighted by atomic mass is 16.5. The van der Waals surface area contributed by atoms with Gasteiger partial charge >= 0.3 is 0 Å². The van der Waals surface area contributed by atoms with Crippen LogP contribution < -0.4 is 10.1 Å². The van der Waals surface area contributed by atoms with Gasteiger partial charge in [0.05, 0.1) is 12.8 Å². The van der Waals surface area contributed by atoms with Crippen LogP contribution in [0.5, 0.6) is 5.88 Å². The van der Waals surface area contributed by atoms with Gasteiger partial charge in [0, 0.05) is 24.2 Å². The van der Waals surface area contributed by atoms with Crippen LogP contribution in [0.4, 0.5) is 0 Å². The molecule has 0 aliphatic heterocycles. The van der Waals surface area contributed by atoms with E-state index in [2.05, 4.69) is 58.8 Å². The fourth-order valence-electron chi connectivity index (χ4n) is 2.55. The first-order valence-corrected chi connectivity index (χ1v) is 8.01. The van der Waals surface area contributed by atoms with Gasteiger partial charge in [-0.3, -0.25) is 0 Å². The first-order valence-electron chi connectivity index (χ1n) is 8.01. The van der Waals surface area contributed by atoms with E-state index >= 15 is 0 Å². The van der Waals surface area contributed by atoms with Crippen LogP contribution in [0, 0.1) is 0 Å². The van der Waals surface area contributed by atoms with E-state index in [1.165, 1.54) is 11.1 Å². The fourth-order valence-corrected chi connectivity index (χ4v) is 2.55. The summed E-state index contributed by atoms with van der Waals surface area (Å²) in [5.74, 6) is 0.522. The van der Waals surface area contributed by atoms with Gasteiger partial charge in [-0.05, 0) is 30.2 Å². The van der Waals surface area contributed by atoms with Crippen molar-refractivity contribution in [2.45, 2.75) is 19.5 Å². The predicted molar refractivity (Wildman–Crippen MR) is 95.7 cm³/mol. The molecule has 4 heteroatoms. The normalized spacial score (nSPS) is 11.9. The Morgan fingerprint density at radius 1 is 0.958 bits per heavy atom. The van der Waals surface area contributed by atoms with Gasteiger partial charge in [-0.1, -0.05) is 48.5 Å². The number of aromatic nitrogens is 2. The highest BCUT2D eigenvalue weighted by molar-refractivity contribution is 5.59. The van der Waals surface area contributed by atoms with Crippen molar-refractivity contribution in [1.29, 1.82) is 0 Å². The van der Waals surface area contributed by atoms with E-state index in [-0.39, 0.29) is 0 Å². The monoisotopic (exact) mass is 319 g/mol. The predicted octanol–water partition coefficient (Wildman–Crippen LogP) is 4.00. The second-order valence-electron chi connectivity index (χ2n) is 5.67. The average molecular weight is 319 g/mol. The third-order valence-electron chi connectivity index (χ3n) is 3.98. The summed E-state index contributed by atoms with van der Waals surface area (Å²) in [6.07, 6.45) is 0. The number of methoxy groups -OCH3 is 1. The third-order valence-corrected chi connectivity index (χ3v) is 3.98. The average Bonchev–Trinajstić information content (AvgIpc) is 2.67. The van der Waals surface area contributed by atoms with Crippen molar-refractivity contribution in [1.82, 2.24) is 15.5 Å². The molecule has 1 atom stereocenters. The number of benzene rings is 2. The Bertz CT molecular complexity index is 772. The maximum Gasteiger partial charge on any atom is 0.233 e. The second-order valence-corrected chi connectivity index (χ2v) is 5.67. The van der Waals surface area contributed by atoms with E-state index in [0.717, 1.165) is 17.8 Å². The first-order chi connectivity index (χ1) is 11.8. The van der Waals surface area contributed by atoms with Crippen molar-refractivity contribution in [3.05, 3.63) is 77.9 Å². The number of rotatable bonds is 6. The van der Waals surface area contributed by atoms with Crippen LogP contribution in [-0.2, 0) is 6.54 Å². The zero-order valence-electron chi connectivity index (χ0n) is 13.9. The molecule has 0 saturated carbocycles. The molecule has 0 fully saturated rings. The van der Waals surface area contributed by atoms with Crippen LogP contribution in [0.1, 0.15) is 24.1 Å². The minimum Gasteiger partial charge on any atom is -0.480 e. The molecule has 24 heavy (non-hydrogen) atoms. The molecular formula is C20H21N3O. The standard InChI is InChI=1S/C20H21N3O/c1-15(17-8-4-3-5-9-17)21-14-16-7-6-10-18(13-16)19-11-12-20(24-2)23-22-19/h3-13,15,21H,14H2,1-2H3. The number of nitrogens with zero attached hydrogens (tertiary/aromatic N) is 2. The summed E-state index contributed by atoms with van der Waals surface area (Å²) < 4.78 is 5.05. The minimum atomic E-state index is 0.302. The minimum absolute atomic E-state index is 0.302. The fraction of sp³-hybridized carbons (Fsp3) is 0.200. The smallest absolute Gasteiger partial charge is 0.233 e. The van der Waals surface area contributed by atoms with Crippen molar-refractivity contribution in [2.75, 3.05) is 7.11 Å². The molecule has 0 bridgehead atoms. The summed E-state index contributed by atoms with van der Waals surface area (Å²) in [4.78, 5) is 0. The molecule has 1 N–H and O–H groups in total. The van der Waals surface area contributed by atoms with Crippen molar-refractivity contribution in [2.24, 2.45) is 0 Å². The lowest BCUT2D eigenvalue weighted by atomic mass is 10.1. The van der Waals surface area contributed by atoms with Gasteiger partial charge in [0.25, 0.3) is 0 Å². The zero-order valence-corrected chi connectivity index (χ0v) is 13.9. The molecule has 4 nitrogen and oxygen atoms in total. The van der Waals surface area contributed by atoms with Crippen LogP contribution in [-0.4, -0.2) is 17.3 Å². The quantitative estimate of drug-likeness (QED) is 0.746. The summed E-state index contributed by atoms with van der Waals surface area (Å²) in [5.41, 5.74) is 4.40. The zero-order chi connectivity index (χ0) is 16.8. The molecule has 3 rings (SSSR count). The van der Waals surface area contributed by atoms with Crippen LogP contribution in [0.2, 0.25) is 0 Å². The Labute approximate surface area is 142 Å². The summed E-state index contributed by atoms with van der Waals surface area (Å²) >= 11 is 0. The molecule has 1 unspecified atom stereocenters. The van der Waals surface area contributed by atoms with Crippen molar-refractivity contribution in [3.63, 3.8) is 0 Å². The van der Waals surface area contributed by atoms with E-state index in [9.17, 15) is 0 Å². The van der Waals surface area contributed by atoms with Gasteiger partial charge < -0.3 is 10.1 Å². The van der Waals surface area contributed by atoms with Gasteiger partial charge in [0.1, 0.15) is 0 Å². The third kappa shape index (κ3) is 3.97. The van der Waals surface area contributed by atoms with Gasteiger partial charge in [-0.15, -0.1) is 10.2 Å². The molecule has 0 saturated heterocycles. The lowest BCUT2D eigenvalue weighted by Crippen LogP contribution is -2.17. The van der Waals surface area contributed by atoms with E-state index in [4.69, 9.17) is 4.74 Å². The van der Waals surface area contributed by atoms with Crippen LogP contribution >= 0.6 is 0 Å². The molecule has 0 aliphatic carbocycles. The topological polar surface area (TPSA) is 47.0 Å². The maximum absolute atomic E-state index is 5.05. The number of hydrogen-bond acceptors (Lipinski definition) is 4. The van der Waals surface area contributed by atoms with Gasteiger partial charge in [-0.25, -0.2) is 0 Å². The number of hydrogen-bond donors (Lipinski definition) is 1. The maximum atomic E-state index is 5.05. The first kappa shape index (κ1) is 16.1. The number of ether oxygens (including phenoxy) is 1. The van der Waals surface area contributed by atoms with E-state index in [1.807, 2.05) is 30.3 Å². The summed E-state index contributed by atoms with van der Waals surface area (Å²) in [5, 5.41) is 11.8. The van der Waals surface area contributed by atoms with Crippen molar-refractivity contribution >= 4 is 0 Å². The van der Waals surface area contributed by atoms with Gasteiger partial charge in [0.2, 0.25) is 5.88 Å². The Balaban J connectivity index is 1.68. The summed E-state index contributed by atoms with van der Waals surface area (Å²) in [6.45, 7) is 2.97. The Hall–Kier alpha value is -2.72. The molecular weight excluding hydrogens is 298 g/mol. The van der Waals surface area contributed by atoms with Crippen LogP contribution in [0.15, 0.2) is 66.7 Å². The summed E-state index contributed by atoms with van der Waals surface area (Å²) in [6, 6.07) is 22.8. The highest BCUT2D eigenvalue weighted by Crippen LogP contribution is 2.20. The van der Waals surface area contributed by atoms with E-state index in [1.54, 1.807) is 7.11 Å². The molecule has 122 valence electrons. The van der Waals surface area contributed by atoms with Crippen molar-refractivity contribution in [3.8, 4) is 17.1 Å². The van der Waals surface area contributed by atoms with Crippen LogP contribution in [0.3, 0.4) is 0 Å². The van der Waals surface area contributed by atoms with Crippen LogP contribution in [0.25, 0.3) is 11.3 Å². The largest absolute Gasteiger partial charge is 0.480 e. The van der Waals surface area contributed by atoms with Gasteiger partial charge in [-0.2, -0.15) is 0 Å². The molecule has 1 heterocycles. The number of nitrogens with one attached hydrogen (secondary N) is 1. The second kappa shape index (κ2) is 7.70. The van der Waals surface area contributed by atoms with Crippen molar-refractivity contribution < 1.29 is 4.74 Å². The molecule has 2 aromatic carbocycles. The van der Waals surface area contributed by atoms with E-state index < -0.39 is 0 Å². The van der Waals surface area contributed by atoms with Gasteiger partial charge in [0.15, 0.2) is 0 Å². The Morgan fingerprint density at radius 2 is 1.79 bits per heavy atom. The SMILES string of the molecule is COc1ccc(-c2cccc(CNC(C)c3ccccc3)c2)nn1. The highest BCUT2D eigenvalue weighted by Gasteiger charge is 2.06. The lowest BCUT2D eigenvalue weighted by molar-refractivity contribution is 0.392. The Kier molecular flexibility index (Phi) is 5.18. The molecule has 0 radical (unpaired) electrons. The summed E-state index contributed by atoms with van der Waals surface area (Å²) in [7, 11) is 1.59. The van der Waals surface area contributed by atoms with E-state index in [0.29, 0.717) is 11.9 Å². The lowest BCUT2D eigenvalue weighted by Gasteiger charge is -2.14. The molecule has 0 aliphatic rings. The molecule has 0 spiro atoms. The molecule has 1 aromatic heterocycles. The molecule has 0 amide bonds. The Morgan fingerprint density at radius 3 is 2.50 bits per heavy atom.